The quantitative estimate of drug-likeness (QED) is 0.456. The fourth-order valence-corrected chi connectivity index (χ4v) is 6.20. The van der Waals surface area contributed by atoms with Crippen molar-refractivity contribution in [1.29, 1.82) is 0 Å². The van der Waals surface area contributed by atoms with Gasteiger partial charge >= 0.3 is 6.03 Å². The number of hydrogen-bond donors (Lipinski definition) is 2. The third kappa shape index (κ3) is 3.22. The van der Waals surface area contributed by atoms with Crippen LogP contribution in [0.4, 0.5) is 19.3 Å². The van der Waals surface area contributed by atoms with Gasteiger partial charge in [0.05, 0.1) is 24.9 Å². The van der Waals surface area contributed by atoms with Gasteiger partial charge in [-0.15, -0.1) is 0 Å². The van der Waals surface area contributed by atoms with Crippen molar-refractivity contribution in [3.63, 3.8) is 0 Å². The van der Waals surface area contributed by atoms with Crippen LogP contribution < -0.4 is 16.0 Å². The summed E-state index contributed by atoms with van der Waals surface area (Å²) in [4.78, 5) is 26.5. The fraction of sp³-hybridized carbons (Fsp3) is 0.200. The van der Waals surface area contributed by atoms with Crippen LogP contribution in [0.5, 0.6) is 0 Å². The van der Waals surface area contributed by atoms with Crippen LogP contribution in [0.2, 0.25) is 5.02 Å². The molecule has 0 aromatic heterocycles. The van der Waals surface area contributed by atoms with E-state index < -0.39 is 29.3 Å². The highest BCUT2D eigenvalue weighted by atomic mass is 79.9. The second-order valence-electron chi connectivity index (χ2n) is 8.87. The number of rotatable bonds is 2. The summed E-state index contributed by atoms with van der Waals surface area (Å²) in [6.45, 7) is 0.364. The van der Waals surface area contributed by atoms with Gasteiger partial charge in [0.15, 0.2) is 0 Å². The van der Waals surface area contributed by atoms with E-state index in [9.17, 15) is 18.4 Å². The van der Waals surface area contributed by atoms with Gasteiger partial charge in [-0.25, -0.2) is 13.6 Å². The number of carbonyl (C=O) groups is 2. The number of amides is 3. The summed E-state index contributed by atoms with van der Waals surface area (Å²) in [6, 6.07) is 10.3. The lowest BCUT2D eigenvalue weighted by molar-refractivity contribution is -0.166. The first kappa shape index (κ1) is 22.5. The highest BCUT2D eigenvalue weighted by Crippen LogP contribution is 2.57. The Kier molecular flexibility index (Phi) is 4.97. The summed E-state index contributed by atoms with van der Waals surface area (Å²) in [6.07, 6.45) is 0. The summed E-state index contributed by atoms with van der Waals surface area (Å²) in [5.41, 5.74) is 7.81. The van der Waals surface area contributed by atoms with Crippen LogP contribution >= 0.6 is 27.5 Å². The number of hydrogen-bond acceptors (Lipinski definition) is 3. The second-order valence-corrected chi connectivity index (χ2v) is 10.2. The average molecular weight is 561 g/mol. The average Bonchev–Trinajstić information content (AvgIpc) is 3.31. The second kappa shape index (κ2) is 7.74. The van der Waals surface area contributed by atoms with Crippen molar-refractivity contribution in [1.82, 2.24) is 5.32 Å². The number of primary amides is 1. The molecule has 35 heavy (non-hydrogen) atoms. The van der Waals surface area contributed by atoms with Crippen molar-refractivity contribution < 1.29 is 23.1 Å². The third-order valence-electron chi connectivity index (χ3n) is 7.06. The smallest absolute Gasteiger partial charge is 0.319 e. The van der Waals surface area contributed by atoms with Gasteiger partial charge in [-0.3, -0.25) is 9.69 Å². The Morgan fingerprint density at radius 1 is 1.14 bits per heavy atom. The molecule has 0 aliphatic carbocycles. The van der Waals surface area contributed by atoms with Gasteiger partial charge in [-0.1, -0.05) is 27.5 Å². The molecule has 0 saturated carbocycles. The number of ether oxygens (including phenoxy) is 1. The Hall–Kier alpha value is -3.01. The van der Waals surface area contributed by atoms with E-state index in [0.717, 1.165) is 5.56 Å². The minimum Gasteiger partial charge on any atom is -0.367 e. The minimum absolute atomic E-state index is 0.0971. The summed E-state index contributed by atoms with van der Waals surface area (Å²) in [5, 5.41) is 3.22. The van der Waals surface area contributed by atoms with Crippen LogP contribution in [0, 0.1) is 11.6 Å². The third-order valence-corrected chi connectivity index (χ3v) is 7.87. The zero-order valence-electron chi connectivity index (χ0n) is 17.9. The number of nitrogens with zero attached hydrogens (tertiary/aromatic N) is 1. The molecule has 3 aliphatic heterocycles. The zero-order valence-corrected chi connectivity index (χ0v) is 20.3. The molecule has 3 atom stereocenters. The molecule has 1 saturated heterocycles. The number of carbonyl (C=O) groups excluding carboxylic acids is 2. The van der Waals surface area contributed by atoms with E-state index in [1.54, 1.807) is 6.07 Å². The number of nitrogens with two attached hydrogens (primary N) is 1. The lowest BCUT2D eigenvalue weighted by atomic mass is 9.72. The largest absolute Gasteiger partial charge is 0.367 e. The van der Waals surface area contributed by atoms with Crippen molar-refractivity contribution in [2.75, 3.05) is 18.1 Å². The zero-order chi connectivity index (χ0) is 24.6. The van der Waals surface area contributed by atoms with Crippen LogP contribution in [-0.2, 0) is 10.3 Å². The molecule has 6 nitrogen and oxygen atoms in total. The van der Waals surface area contributed by atoms with E-state index >= 15 is 0 Å². The Morgan fingerprint density at radius 3 is 2.60 bits per heavy atom. The number of nitrogens with one attached hydrogen (secondary N) is 1. The molecule has 1 fully saturated rings. The lowest BCUT2D eigenvalue weighted by Gasteiger charge is -2.48. The number of benzene rings is 3. The molecule has 10 heteroatoms. The van der Waals surface area contributed by atoms with Crippen molar-refractivity contribution >= 4 is 45.2 Å². The minimum atomic E-state index is -1.05. The highest BCUT2D eigenvalue weighted by Gasteiger charge is 2.58. The standard InChI is InChI=1S/C25H17BrClF2N3O3/c26-11-5-14(21-16(6-11)23(33)31-22(21)15-7-12(28)1-3-19(15)27)18-9-35-25(18)10-32(24(30)34)20-4-2-13(29)8-17(20)25/h1-8,18,22H,9-10H2,(H2,30,34)(H,31,33). The van der Waals surface area contributed by atoms with Gasteiger partial charge in [-0.05, 0) is 59.7 Å². The maximum Gasteiger partial charge on any atom is 0.319 e. The number of fused-ring (bicyclic) bond motifs is 3. The molecular weight excluding hydrogens is 544 g/mol. The Morgan fingerprint density at radius 2 is 1.89 bits per heavy atom. The molecule has 178 valence electrons. The first-order valence-corrected chi connectivity index (χ1v) is 12.0. The van der Waals surface area contributed by atoms with Gasteiger partial charge in [-0.2, -0.15) is 0 Å². The van der Waals surface area contributed by atoms with Gasteiger partial charge in [0.1, 0.15) is 17.2 Å². The first-order valence-electron chi connectivity index (χ1n) is 10.8. The predicted octanol–water partition coefficient (Wildman–Crippen LogP) is 5.12. The van der Waals surface area contributed by atoms with Crippen molar-refractivity contribution in [3.8, 4) is 0 Å². The fourth-order valence-electron chi connectivity index (χ4n) is 5.50. The summed E-state index contributed by atoms with van der Waals surface area (Å²) in [7, 11) is 0. The SMILES string of the molecule is NC(=O)N1CC2(OCC2c2cc(Br)cc3c2C(c2cc(F)ccc2Cl)NC3=O)c2cc(F)ccc21. The molecule has 3 aromatic carbocycles. The van der Waals surface area contributed by atoms with Crippen LogP contribution in [-0.4, -0.2) is 25.1 Å². The van der Waals surface area contributed by atoms with E-state index in [2.05, 4.69) is 21.2 Å². The van der Waals surface area contributed by atoms with Gasteiger partial charge < -0.3 is 15.8 Å². The van der Waals surface area contributed by atoms with Crippen LogP contribution in [0.15, 0.2) is 53.0 Å². The lowest BCUT2D eigenvalue weighted by Crippen LogP contribution is -2.53. The number of halogens is 4. The van der Waals surface area contributed by atoms with Crippen LogP contribution in [0.3, 0.4) is 0 Å². The Labute approximate surface area is 212 Å². The Balaban J connectivity index is 1.54. The van der Waals surface area contributed by atoms with E-state index in [1.165, 1.54) is 41.3 Å². The topological polar surface area (TPSA) is 84.7 Å². The monoisotopic (exact) mass is 559 g/mol. The van der Waals surface area contributed by atoms with E-state index in [1.807, 2.05) is 6.07 Å². The van der Waals surface area contributed by atoms with E-state index in [0.29, 0.717) is 37.4 Å². The molecular formula is C25H17BrClF2N3O3. The maximum absolute atomic E-state index is 14.3. The van der Waals surface area contributed by atoms with Gasteiger partial charge in [0.25, 0.3) is 5.91 Å². The number of anilines is 1. The molecule has 3 heterocycles. The highest BCUT2D eigenvalue weighted by molar-refractivity contribution is 9.10. The van der Waals surface area contributed by atoms with Crippen molar-refractivity contribution in [3.05, 3.63) is 97.5 Å². The summed E-state index contributed by atoms with van der Waals surface area (Å²) >= 11 is 9.90. The van der Waals surface area contributed by atoms with E-state index in [-0.39, 0.29) is 25.0 Å². The van der Waals surface area contributed by atoms with Crippen LogP contribution in [0.25, 0.3) is 0 Å². The van der Waals surface area contributed by atoms with E-state index in [4.69, 9.17) is 22.1 Å². The molecule has 3 unspecified atom stereocenters. The van der Waals surface area contributed by atoms with Gasteiger partial charge in [0, 0.05) is 32.1 Å². The summed E-state index contributed by atoms with van der Waals surface area (Å²) in [5.74, 6) is -1.61. The molecule has 0 radical (unpaired) electrons. The maximum atomic E-state index is 14.3. The first-order chi connectivity index (χ1) is 16.7. The van der Waals surface area contributed by atoms with Crippen LogP contribution in [0.1, 0.15) is 44.6 Å². The molecule has 3 amide bonds. The summed E-state index contributed by atoms with van der Waals surface area (Å²) < 4.78 is 35.2. The molecule has 3 aliphatic rings. The Bertz CT molecular complexity index is 1450. The van der Waals surface area contributed by atoms with Crippen molar-refractivity contribution in [2.45, 2.75) is 17.6 Å². The molecule has 1 spiro atoms. The van der Waals surface area contributed by atoms with Gasteiger partial charge in [0.2, 0.25) is 0 Å². The molecule has 6 rings (SSSR count). The number of urea groups is 1. The predicted molar refractivity (Wildman–Crippen MR) is 129 cm³/mol. The molecule has 3 N–H and O–H groups in total. The molecule has 3 aromatic rings. The van der Waals surface area contributed by atoms with Crippen molar-refractivity contribution in [2.24, 2.45) is 5.73 Å². The normalized spacial score (nSPS) is 24.2. The molecule has 0 bridgehead atoms.